The summed E-state index contributed by atoms with van der Waals surface area (Å²) in [7, 11) is 1.60. The van der Waals surface area contributed by atoms with Crippen LogP contribution in [0.25, 0.3) is 0 Å². The summed E-state index contributed by atoms with van der Waals surface area (Å²) >= 11 is 0. The van der Waals surface area contributed by atoms with Gasteiger partial charge in [-0.1, -0.05) is 12.1 Å². The van der Waals surface area contributed by atoms with Gasteiger partial charge in [0, 0.05) is 39.1 Å². The van der Waals surface area contributed by atoms with Crippen molar-refractivity contribution in [3.8, 4) is 5.75 Å². The number of rotatable bonds is 8. The summed E-state index contributed by atoms with van der Waals surface area (Å²) in [6.07, 6.45) is 0.446. The molecule has 1 aromatic rings. The third kappa shape index (κ3) is 5.63. The first kappa shape index (κ1) is 16.7. The number of benzene rings is 1. The van der Waals surface area contributed by atoms with Gasteiger partial charge in [-0.2, -0.15) is 0 Å². The molecule has 1 heterocycles. The number of para-hydroxylation sites is 2. The fraction of sp³-hybridized carbons (Fsp3) is 0.562. The number of carbonyl (C=O) groups excluding carboxylic acids is 1. The smallest absolute Gasteiger partial charge is 0.225 e. The number of morpholine rings is 1. The van der Waals surface area contributed by atoms with Crippen LogP contribution in [0.4, 0.5) is 5.69 Å². The summed E-state index contributed by atoms with van der Waals surface area (Å²) in [4.78, 5) is 14.3. The lowest BCUT2D eigenvalue weighted by Crippen LogP contribution is -2.40. The maximum atomic E-state index is 11.9. The molecule has 1 saturated heterocycles. The van der Waals surface area contributed by atoms with E-state index in [0.717, 1.165) is 39.4 Å². The quantitative estimate of drug-likeness (QED) is 0.700. The Balaban J connectivity index is 1.59. The van der Waals surface area contributed by atoms with Gasteiger partial charge in [-0.25, -0.2) is 0 Å². The predicted octanol–water partition coefficient (Wildman–Crippen LogP) is 0.946. The summed E-state index contributed by atoms with van der Waals surface area (Å²) < 4.78 is 10.5. The van der Waals surface area contributed by atoms with Crippen LogP contribution in [-0.4, -0.2) is 63.9 Å². The summed E-state index contributed by atoms with van der Waals surface area (Å²) in [5.74, 6) is 0.666. The number of anilines is 1. The van der Waals surface area contributed by atoms with Crippen LogP contribution in [-0.2, 0) is 9.53 Å². The van der Waals surface area contributed by atoms with Gasteiger partial charge in [0.2, 0.25) is 5.91 Å². The van der Waals surface area contributed by atoms with Crippen molar-refractivity contribution in [3.05, 3.63) is 24.3 Å². The van der Waals surface area contributed by atoms with Crippen molar-refractivity contribution >= 4 is 11.6 Å². The van der Waals surface area contributed by atoms with Crippen LogP contribution in [0.2, 0.25) is 0 Å². The van der Waals surface area contributed by atoms with Crippen LogP contribution in [0.3, 0.4) is 0 Å². The molecule has 2 N–H and O–H groups in total. The summed E-state index contributed by atoms with van der Waals surface area (Å²) in [5.41, 5.74) is 0.711. The standard InChI is InChI=1S/C16H25N3O3/c1-21-15-5-3-2-4-14(15)18-16(20)6-7-17-8-9-19-10-12-22-13-11-19/h2-5,17H,6-13H2,1H3,(H,18,20). The van der Waals surface area contributed by atoms with Crippen LogP contribution in [0, 0.1) is 0 Å². The van der Waals surface area contributed by atoms with Crippen molar-refractivity contribution in [2.24, 2.45) is 0 Å². The topological polar surface area (TPSA) is 62.8 Å². The zero-order valence-corrected chi connectivity index (χ0v) is 13.1. The Kier molecular flexibility index (Phi) is 7.15. The number of nitrogens with one attached hydrogen (secondary N) is 2. The lowest BCUT2D eigenvalue weighted by atomic mass is 10.2. The van der Waals surface area contributed by atoms with E-state index in [1.54, 1.807) is 7.11 Å². The molecular weight excluding hydrogens is 282 g/mol. The van der Waals surface area contributed by atoms with Crippen molar-refractivity contribution in [2.45, 2.75) is 6.42 Å². The lowest BCUT2D eigenvalue weighted by molar-refractivity contribution is -0.116. The van der Waals surface area contributed by atoms with Gasteiger partial charge in [0.1, 0.15) is 5.75 Å². The van der Waals surface area contributed by atoms with E-state index in [1.165, 1.54) is 0 Å². The number of ether oxygens (including phenoxy) is 2. The van der Waals surface area contributed by atoms with Crippen molar-refractivity contribution in [2.75, 3.05) is 58.4 Å². The van der Waals surface area contributed by atoms with E-state index in [4.69, 9.17) is 9.47 Å². The van der Waals surface area contributed by atoms with Crippen molar-refractivity contribution in [1.82, 2.24) is 10.2 Å². The fourth-order valence-corrected chi connectivity index (χ4v) is 2.35. The van der Waals surface area contributed by atoms with Gasteiger partial charge in [-0.3, -0.25) is 9.69 Å². The van der Waals surface area contributed by atoms with Crippen LogP contribution in [0.1, 0.15) is 6.42 Å². The maximum Gasteiger partial charge on any atom is 0.225 e. The first-order valence-electron chi connectivity index (χ1n) is 7.73. The highest BCUT2D eigenvalue weighted by molar-refractivity contribution is 5.92. The molecule has 0 atom stereocenters. The van der Waals surface area contributed by atoms with Crippen LogP contribution < -0.4 is 15.4 Å². The molecule has 0 aromatic heterocycles. The number of hydrogen-bond acceptors (Lipinski definition) is 5. The molecule has 122 valence electrons. The van der Waals surface area contributed by atoms with Crippen molar-refractivity contribution in [3.63, 3.8) is 0 Å². The maximum absolute atomic E-state index is 11.9. The van der Waals surface area contributed by atoms with E-state index in [-0.39, 0.29) is 5.91 Å². The monoisotopic (exact) mass is 307 g/mol. The normalized spacial score (nSPS) is 15.5. The first-order valence-corrected chi connectivity index (χ1v) is 7.73. The summed E-state index contributed by atoms with van der Waals surface area (Å²) in [6, 6.07) is 7.42. The Hall–Kier alpha value is -1.63. The molecule has 0 aliphatic carbocycles. The summed E-state index contributed by atoms with van der Waals surface area (Å²) in [5, 5.41) is 6.17. The minimum Gasteiger partial charge on any atom is -0.495 e. The molecule has 6 heteroatoms. The molecule has 1 aromatic carbocycles. The second kappa shape index (κ2) is 9.40. The molecule has 0 bridgehead atoms. The third-order valence-corrected chi connectivity index (χ3v) is 3.62. The average Bonchev–Trinajstić information content (AvgIpc) is 2.56. The molecular formula is C16H25N3O3. The zero-order chi connectivity index (χ0) is 15.6. The average molecular weight is 307 g/mol. The number of carbonyl (C=O) groups is 1. The van der Waals surface area contributed by atoms with Gasteiger partial charge < -0.3 is 20.1 Å². The van der Waals surface area contributed by atoms with E-state index >= 15 is 0 Å². The molecule has 0 spiro atoms. The van der Waals surface area contributed by atoms with Crippen molar-refractivity contribution in [1.29, 1.82) is 0 Å². The molecule has 1 fully saturated rings. The largest absolute Gasteiger partial charge is 0.495 e. The van der Waals surface area contributed by atoms with Crippen LogP contribution >= 0.6 is 0 Å². The van der Waals surface area contributed by atoms with Crippen molar-refractivity contribution < 1.29 is 14.3 Å². The van der Waals surface area contributed by atoms with E-state index < -0.39 is 0 Å². The van der Waals surface area contributed by atoms with Gasteiger partial charge in [-0.15, -0.1) is 0 Å². The SMILES string of the molecule is COc1ccccc1NC(=O)CCNCCN1CCOCC1. The Morgan fingerprint density at radius 3 is 2.82 bits per heavy atom. The fourth-order valence-electron chi connectivity index (χ4n) is 2.35. The van der Waals surface area contributed by atoms with Gasteiger partial charge in [-0.05, 0) is 12.1 Å². The third-order valence-electron chi connectivity index (χ3n) is 3.62. The number of amides is 1. The number of nitrogens with zero attached hydrogens (tertiary/aromatic N) is 1. The minimum atomic E-state index is -0.0108. The highest BCUT2D eigenvalue weighted by Gasteiger charge is 2.09. The molecule has 0 unspecified atom stereocenters. The highest BCUT2D eigenvalue weighted by Crippen LogP contribution is 2.22. The highest BCUT2D eigenvalue weighted by atomic mass is 16.5. The molecule has 22 heavy (non-hydrogen) atoms. The summed E-state index contributed by atoms with van der Waals surface area (Å²) in [6.45, 7) is 6.19. The molecule has 1 aliphatic rings. The van der Waals surface area contributed by atoms with Gasteiger partial charge in [0.15, 0.2) is 0 Å². The predicted molar refractivity (Wildman–Crippen MR) is 86.4 cm³/mol. The molecule has 0 saturated carbocycles. The Labute approximate surface area is 131 Å². The van der Waals surface area contributed by atoms with Gasteiger partial charge in [0.25, 0.3) is 0 Å². The van der Waals surface area contributed by atoms with Gasteiger partial charge >= 0.3 is 0 Å². The molecule has 2 rings (SSSR count). The minimum absolute atomic E-state index is 0.0108. The van der Waals surface area contributed by atoms with Gasteiger partial charge in [0.05, 0.1) is 26.0 Å². The lowest BCUT2D eigenvalue weighted by Gasteiger charge is -2.26. The van der Waals surface area contributed by atoms with E-state index in [0.29, 0.717) is 24.4 Å². The first-order chi connectivity index (χ1) is 10.8. The Morgan fingerprint density at radius 2 is 2.05 bits per heavy atom. The number of hydrogen-bond donors (Lipinski definition) is 2. The van der Waals surface area contributed by atoms with E-state index in [2.05, 4.69) is 15.5 Å². The van der Waals surface area contributed by atoms with Crippen LogP contribution in [0.5, 0.6) is 5.75 Å². The number of methoxy groups -OCH3 is 1. The Bertz CT molecular complexity index is 462. The second-order valence-electron chi connectivity index (χ2n) is 5.20. The molecule has 1 aliphatic heterocycles. The molecule has 6 nitrogen and oxygen atoms in total. The molecule has 1 amide bonds. The van der Waals surface area contributed by atoms with Crippen LogP contribution in [0.15, 0.2) is 24.3 Å². The van der Waals surface area contributed by atoms with E-state index in [1.807, 2.05) is 24.3 Å². The Morgan fingerprint density at radius 1 is 1.27 bits per heavy atom. The zero-order valence-electron chi connectivity index (χ0n) is 13.1. The van der Waals surface area contributed by atoms with E-state index in [9.17, 15) is 4.79 Å². The molecule has 0 radical (unpaired) electrons. The second-order valence-corrected chi connectivity index (χ2v) is 5.20.